The maximum absolute atomic E-state index is 12.5. The summed E-state index contributed by atoms with van der Waals surface area (Å²) < 4.78 is 15.6. The number of ether oxygens (including phenoxy) is 1. The molecule has 10 heteroatoms. The van der Waals surface area contributed by atoms with Crippen LogP contribution < -0.4 is 0 Å². The number of hydrogen-bond acceptors (Lipinski definition) is 10. The third kappa shape index (κ3) is 4.66. The highest BCUT2D eigenvalue weighted by Crippen LogP contribution is 2.26. The first-order chi connectivity index (χ1) is 14.2. The van der Waals surface area contributed by atoms with E-state index in [1.807, 2.05) is 18.2 Å². The molecule has 1 aromatic carbocycles. The maximum atomic E-state index is 12.5. The molecule has 0 spiro atoms. The van der Waals surface area contributed by atoms with Gasteiger partial charge < -0.3 is 13.8 Å². The number of benzene rings is 1. The Labute approximate surface area is 169 Å². The van der Waals surface area contributed by atoms with E-state index in [4.69, 9.17) is 13.8 Å². The molecule has 0 aliphatic rings. The van der Waals surface area contributed by atoms with E-state index in [0.717, 1.165) is 4.90 Å². The zero-order chi connectivity index (χ0) is 20.1. The number of rotatable bonds is 7. The summed E-state index contributed by atoms with van der Waals surface area (Å²) in [5.74, 6) is 1.60. The summed E-state index contributed by atoms with van der Waals surface area (Å²) in [5, 5.41) is 7.63. The van der Waals surface area contributed by atoms with Crippen molar-refractivity contribution in [2.75, 3.05) is 0 Å². The van der Waals surface area contributed by atoms with Crippen molar-refractivity contribution >= 4 is 17.7 Å². The second-order valence-electron chi connectivity index (χ2n) is 5.85. The second kappa shape index (κ2) is 8.65. The zero-order valence-electron chi connectivity index (χ0n) is 15.3. The smallest absolute Gasteiger partial charge is 0.339 e. The molecule has 0 fully saturated rings. The van der Waals surface area contributed by atoms with Crippen molar-refractivity contribution in [1.29, 1.82) is 0 Å². The van der Waals surface area contributed by atoms with E-state index in [0.29, 0.717) is 34.4 Å². The number of pyridine rings is 1. The van der Waals surface area contributed by atoms with Crippen LogP contribution in [0.15, 0.2) is 62.7 Å². The molecule has 0 bridgehead atoms. The van der Waals surface area contributed by atoms with Crippen molar-refractivity contribution in [3.8, 4) is 11.4 Å². The molecule has 4 rings (SSSR count). The van der Waals surface area contributed by atoms with Crippen LogP contribution in [0.2, 0.25) is 0 Å². The Kier molecular flexibility index (Phi) is 5.61. The van der Waals surface area contributed by atoms with Gasteiger partial charge in [-0.15, -0.1) is 11.8 Å². The van der Waals surface area contributed by atoms with Gasteiger partial charge >= 0.3 is 5.97 Å². The second-order valence-corrected chi connectivity index (χ2v) is 6.87. The predicted molar refractivity (Wildman–Crippen MR) is 102 cm³/mol. The monoisotopic (exact) mass is 409 g/mol. The van der Waals surface area contributed by atoms with Crippen LogP contribution in [-0.2, 0) is 17.1 Å². The van der Waals surface area contributed by atoms with E-state index >= 15 is 0 Å². The molecule has 0 saturated heterocycles. The van der Waals surface area contributed by atoms with Crippen LogP contribution in [0.25, 0.3) is 11.4 Å². The van der Waals surface area contributed by atoms with Gasteiger partial charge in [-0.1, -0.05) is 22.4 Å². The summed E-state index contributed by atoms with van der Waals surface area (Å²) in [6.45, 7) is 1.62. The number of thioether (sulfide) groups is 1. The van der Waals surface area contributed by atoms with Crippen molar-refractivity contribution < 1.29 is 18.6 Å². The molecule has 146 valence electrons. The SMILES string of the molecule is Cc1noc(CSc2ccccc2C(=O)OCc2nc(-c3cccnc3)no2)n1. The Morgan fingerprint density at radius 1 is 1.07 bits per heavy atom. The number of hydrogen-bond donors (Lipinski definition) is 0. The minimum absolute atomic E-state index is 0.131. The molecular formula is C19H15N5O4S. The highest BCUT2D eigenvalue weighted by Gasteiger charge is 2.16. The van der Waals surface area contributed by atoms with Crippen LogP contribution in [0, 0.1) is 6.92 Å². The van der Waals surface area contributed by atoms with Gasteiger partial charge in [0.25, 0.3) is 5.89 Å². The normalized spacial score (nSPS) is 10.8. The number of aryl methyl sites for hydroxylation is 1. The lowest BCUT2D eigenvalue weighted by atomic mass is 10.2. The van der Waals surface area contributed by atoms with Crippen LogP contribution in [0.4, 0.5) is 0 Å². The molecule has 0 unspecified atom stereocenters. The van der Waals surface area contributed by atoms with Gasteiger partial charge in [0, 0.05) is 22.9 Å². The van der Waals surface area contributed by atoms with Gasteiger partial charge in [-0.05, 0) is 31.2 Å². The fraction of sp³-hybridized carbons (Fsp3) is 0.158. The molecule has 0 aliphatic heterocycles. The summed E-state index contributed by atoms with van der Waals surface area (Å²) >= 11 is 1.41. The fourth-order valence-corrected chi connectivity index (χ4v) is 3.31. The summed E-state index contributed by atoms with van der Waals surface area (Å²) in [5.41, 5.74) is 1.15. The Morgan fingerprint density at radius 3 is 2.72 bits per heavy atom. The van der Waals surface area contributed by atoms with Gasteiger partial charge in [0.05, 0.1) is 11.3 Å². The van der Waals surface area contributed by atoms with Crippen molar-refractivity contribution in [1.82, 2.24) is 25.3 Å². The average Bonchev–Trinajstić information content (AvgIpc) is 3.40. The van der Waals surface area contributed by atoms with E-state index in [1.165, 1.54) is 11.8 Å². The molecule has 0 radical (unpaired) electrons. The molecule has 3 aromatic heterocycles. The molecule has 0 aliphatic carbocycles. The summed E-state index contributed by atoms with van der Waals surface area (Å²) in [7, 11) is 0. The standard InChI is InChI=1S/C19H15N5O4S/c1-12-21-17(28-23-12)11-29-15-7-3-2-6-14(15)19(25)26-10-16-22-18(24-27-16)13-5-4-8-20-9-13/h2-9H,10-11H2,1H3. The van der Waals surface area contributed by atoms with Crippen LogP contribution in [-0.4, -0.2) is 31.2 Å². The van der Waals surface area contributed by atoms with Crippen molar-refractivity contribution in [3.63, 3.8) is 0 Å². The van der Waals surface area contributed by atoms with Crippen LogP contribution in [0.3, 0.4) is 0 Å². The van der Waals surface area contributed by atoms with Gasteiger partial charge in [-0.3, -0.25) is 4.98 Å². The van der Waals surface area contributed by atoms with Crippen molar-refractivity contribution in [3.05, 3.63) is 72.0 Å². The third-order valence-corrected chi connectivity index (χ3v) is 4.80. The number of nitrogens with zero attached hydrogens (tertiary/aromatic N) is 5. The van der Waals surface area contributed by atoms with E-state index in [1.54, 1.807) is 37.5 Å². The molecule has 9 nitrogen and oxygen atoms in total. The van der Waals surface area contributed by atoms with E-state index < -0.39 is 5.97 Å². The maximum Gasteiger partial charge on any atom is 0.339 e. The van der Waals surface area contributed by atoms with Gasteiger partial charge in [0.2, 0.25) is 11.7 Å². The molecule has 0 saturated carbocycles. The third-order valence-electron chi connectivity index (χ3n) is 3.74. The van der Waals surface area contributed by atoms with Crippen LogP contribution in [0.1, 0.15) is 28.0 Å². The topological polar surface area (TPSA) is 117 Å². The van der Waals surface area contributed by atoms with Crippen molar-refractivity contribution in [2.24, 2.45) is 0 Å². The number of carbonyl (C=O) groups is 1. The fourth-order valence-electron chi connectivity index (χ4n) is 2.43. The first-order valence-electron chi connectivity index (χ1n) is 8.60. The summed E-state index contributed by atoms with van der Waals surface area (Å²) in [6.07, 6.45) is 3.28. The van der Waals surface area contributed by atoms with Gasteiger partial charge in [0.15, 0.2) is 12.4 Å². The number of esters is 1. The van der Waals surface area contributed by atoms with Gasteiger partial charge in [0.1, 0.15) is 0 Å². The first-order valence-corrected chi connectivity index (χ1v) is 9.59. The van der Waals surface area contributed by atoms with Gasteiger partial charge in [-0.2, -0.15) is 9.97 Å². The van der Waals surface area contributed by atoms with Gasteiger partial charge in [-0.25, -0.2) is 4.79 Å². The highest BCUT2D eigenvalue weighted by molar-refractivity contribution is 7.98. The van der Waals surface area contributed by atoms with E-state index in [-0.39, 0.29) is 12.5 Å². The van der Waals surface area contributed by atoms with Crippen LogP contribution >= 0.6 is 11.8 Å². The Balaban J connectivity index is 1.39. The molecule has 0 atom stereocenters. The highest BCUT2D eigenvalue weighted by atomic mass is 32.2. The largest absolute Gasteiger partial charge is 0.452 e. The predicted octanol–water partition coefficient (Wildman–Crippen LogP) is 3.47. The molecule has 4 aromatic rings. The van der Waals surface area contributed by atoms with Crippen LogP contribution in [0.5, 0.6) is 0 Å². The molecular weight excluding hydrogens is 394 g/mol. The molecule has 0 N–H and O–H groups in total. The molecule has 29 heavy (non-hydrogen) atoms. The minimum Gasteiger partial charge on any atom is -0.452 e. The molecule has 3 heterocycles. The Morgan fingerprint density at radius 2 is 1.93 bits per heavy atom. The lowest BCUT2D eigenvalue weighted by Gasteiger charge is -2.07. The number of carbonyl (C=O) groups excluding carboxylic acids is 1. The quantitative estimate of drug-likeness (QED) is 0.332. The Bertz CT molecular complexity index is 1110. The lowest BCUT2D eigenvalue weighted by Crippen LogP contribution is -2.07. The molecule has 0 amide bonds. The minimum atomic E-state index is -0.490. The van der Waals surface area contributed by atoms with E-state index in [9.17, 15) is 4.79 Å². The summed E-state index contributed by atoms with van der Waals surface area (Å²) in [4.78, 5) is 25.7. The number of aromatic nitrogens is 5. The van der Waals surface area contributed by atoms with E-state index in [2.05, 4.69) is 25.3 Å². The average molecular weight is 409 g/mol. The lowest BCUT2D eigenvalue weighted by molar-refractivity contribution is 0.0425. The summed E-state index contributed by atoms with van der Waals surface area (Å²) in [6, 6.07) is 10.7. The zero-order valence-corrected chi connectivity index (χ0v) is 16.1. The van der Waals surface area contributed by atoms with Crippen molar-refractivity contribution in [2.45, 2.75) is 24.2 Å². The first kappa shape index (κ1) is 18.8. The Hall–Kier alpha value is -3.53.